The van der Waals surface area contributed by atoms with E-state index in [9.17, 15) is 18.1 Å². The van der Waals surface area contributed by atoms with Crippen LogP contribution in [-0.2, 0) is 17.5 Å². The molecule has 0 aliphatic carbocycles. The van der Waals surface area contributed by atoms with Gasteiger partial charge in [-0.05, 0) is 72.4 Å². The van der Waals surface area contributed by atoms with Gasteiger partial charge in [-0.25, -0.2) is 4.98 Å². The van der Waals surface area contributed by atoms with Gasteiger partial charge in [0.1, 0.15) is 18.0 Å². The topological polar surface area (TPSA) is 68.0 Å². The number of nitrogens with one attached hydrogen (secondary N) is 1. The summed E-state index contributed by atoms with van der Waals surface area (Å²) in [6.45, 7) is 4.55. The van der Waals surface area contributed by atoms with E-state index in [2.05, 4.69) is 16.6 Å². The van der Waals surface area contributed by atoms with Crippen molar-refractivity contribution >= 4 is 27.9 Å². The van der Waals surface area contributed by atoms with E-state index >= 15 is 0 Å². The summed E-state index contributed by atoms with van der Waals surface area (Å²) in [7, 11) is 0. The number of anilines is 1. The number of hydrogen-bond donors (Lipinski definition) is 1. The van der Waals surface area contributed by atoms with Gasteiger partial charge in [0.25, 0.3) is 0 Å². The molecule has 1 N–H and O–H groups in total. The van der Waals surface area contributed by atoms with Crippen LogP contribution in [0.25, 0.3) is 22.1 Å². The Kier molecular flexibility index (Phi) is 6.26. The summed E-state index contributed by atoms with van der Waals surface area (Å²) >= 11 is 0. The summed E-state index contributed by atoms with van der Waals surface area (Å²) in [6, 6.07) is 11.7. The Morgan fingerprint density at radius 2 is 2.06 bits per heavy atom. The predicted octanol–water partition coefficient (Wildman–Crippen LogP) is 7.06. The van der Waals surface area contributed by atoms with Gasteiger partial charge in [0.15, 0.2) is 0 Å². The molecule has 0 fully saturated rings. The molecular formula is C27H25F3N4O2. The number of nitroso groups, excluding NO2 is 1. The van der Waals surface area contributed by atoms with Crippen LogP contribution >= 0.6 is 0 Å². The van der Waals surface area contributed by atoms with E-state index in [0.717, 1.165) is 34.5 Å². The Balaban J connectivity index is 1.63. The standard InChI is InChI=1S/C27H25F3N4O2/c1-16-21(4-3-5-23(16)27(28,29)30)17(2)32-26-22-13-20(19-8-10-36-11-9-19)6-7-24(22)34-15-18(14-31-35)12-25(34)33-26/h3-8,12-13,15,17H,9-11,14H2,1-2H3,(H,32,33). The van der Waals surface area contributed by atoms with Gasteiger partial charge in [0.05, 0.1) is 30.3 Å². The molecule has 0 spiro atoms. The Hall–Kier alpha value is -3.72. The van der Waals surface area contributed by atoms with Crippen molar-refractivity contribution in [1.29, 1.82) is 0 Å². The first-order valence-electron chi connectivity index (χ1n) is 11.7. The summed E-state index contributed by atoms with van der Waals surface area (Å²) in [5, 5.41) is 7.17. The zero-order valence-corrected chi connectivity index (χ0v) is 19.9. The number of halogens is 3. The largest absolute Gasteiger partial charge is 0.416 e. The highest BCUT2D eigenvalue weighted by Gasteiger charge is 2.33. The Morgan fingerprint density at radius 3 is 2.78 bits per heavy atom. The average molecular weight is 495 g/mol. The molecule has 0 saturated heterocycles. The van der Waals surface area contributed by atoms with E-state index in [0.29, 0.717) is 30.2 Å². The maximum atomic E-state index is 13.5. The van der Waals surface area contributed by atoms with Crippen LogP contribution in [0.15, 0.2) is 59.9 Å². The number of benzene rings is 2. The number of fused-ring (bicyclic) bond motifs is 3. The van der Waals surface area contributed by atoms with Gasteiger partial charge in [-0.2, -0.15) is 18.1 Å². The van der Waals surface area contributed by atoms with Crippen molar-refractivity contribution < 1.29 is 17.9 Å². The Bertz CT molecular complexity index is 1490. The highest BCUT2D eigenvalue weighted by molar-refractivity contribution is 5.94. The number of rotatable bonds is 6. The maximum absolute atomic E-state index is 13.5. The van der Waals surface area contributed by atoms with Gasteiger partial charge in [0.2, 0.25) is 0 Å². The normalized spacial score (nSPS) is 15.2. The molecule has 5 rings (SSSR count). The zero-order valence-electron chi connectivity index (χ0n) is 19.9. The van der Waals surface area contributed by atoms with Crippen molar-refractivity contribution in [2.45, 2.75) is 39.0 Å². The number of alkyl halides is 3. The van der Waals surface area contributed by atoms with Crippen molar-refractivity contribution in [3.63, 3.8) is 0 Å². The molecule has 1 aliphatic heterocycles. The average Bonchev–Trinajstić information content (AvgIpc) is 3.26. The van der Waals surface area contributed by atoms with Gasteiger partial charge in [-0.1, -0.05) is 29.5 Å². The van der Waals surface area contributed by atoms with Gasteiger partial charge in [0, 0.05) is 11.6 Å². The second-order valence-electron chi connectivity index (χ2n) is 8.99. The fourth-order valence-electron chi connectivity index (χ4n) is 4.87. The first-order valence-corrected chi connectivity index (χ1v) is 11.7. The van der Waals surface area contributed by atoms with Crippen molar-refractivity contribution in [3.05, 3.63) is 87.5 Å². The lowest BCUT2D eigenvalue weighted by molar-refractivity contribution is -0.138. The molecule has 1 atom stereocenters. The summed E-state index contributed by atoms with van der Waals surface area (Å²) in [5.74, 6) is 0.556. The second-order valence-corrected chi connectivity index (χ2v) is 8.99. The molecule has 1 unspecified atom stereocenters. The molecule has 0 radical (unpaired) electrons. The van der Waals surface area contributed by atoms with Crippen molar-refractivity contribution in [2.24, 2.45) is 5.18 Å². The van der Waals surface area contributed by atoms with Crippen molar-refractivity contribution in [2.75, 3.05) is 18.5 Å². The minimum absolute atomic E-state index is 0.0262. The van der Waals surface area contributed by atoms with E-state index in [1.165, 1.54) is 18.6 Å². The lowest BCUT2D eigenvalue weighted by Crippen LogP contribution is -2.14. The van der Waals surface area contributed by atoms with Crippen LogP contribution in [0, 0.1) is 11.8 Å². The minimum atomic E-state index is -4.43. The van der Waals surface area contributed by atoms with E-state index in [1.807, 2.05) is 35.7 Å². The van der Waals surface area contributed by atoms with Gasteiger partial charge in [-0.15, -0.1) is 0 Å². The molecule has 2 aromatic carbocycles. The minimum Gasteiger partial charge on any atom is -0.377 e. The van der Waals surface area contributed by atoms with E-state index < -0.39 is 17.8 Å². The lowest BCUT2D eigenvalue weighted by atomic mass is 9.97. The molecule has 4 aromatic rings. The summed E-state index contributed by atoms with van der Waals surface area (Å²) in [5.41, 5.74) is 4.52. The van der Waals surface area contributed by atoms with Gasteiger partial charge in [-0.3, -0.25) is 0 Å². The monoisotopic (exact) mass is 494 g/mol. The molecule has 1 aliphatic rings. The zero-order chi connectivity index (χ0) is 25.4. The van der Waals surface area contributed by atoms with Crippen LogP contribution < -0.4 is 5.32 Å². The first-order chi connectivity index (χ1) is 17.3. The van der Waals surface area contributed by atoms with Crippen LogP contribution in [0.2, 0.25) is 0 Å². The first kappa shape index (κ1) is 24.0. The molecule has 0 saturated carbocycles. The fraction of sp³-hybridized carbons (Fsp3) is 0.296. The Labute approximate surface area is 205 Å². The Morgan fingerprint density at radius 1 is 1.22 bits per heavy atom. The third kappa shape index (κ3) is 4.46. The molecule has 0 bridgehead atoms. The van der Waals surface area contributed by atoms with Crippen LogP contribution in [0.4, 0.5) is 19.0 Å². The van der Waals surface area contributed by atoms with Gasteiger partial charge < -0.3 is 14.5 Å². The summed E-state index contributed by atoms with van der Waals surface area (Å²) < 4.78 is 47.9. The molecule has 186 valence electrons. The van der Waals surface area contributed by atoms with Crippen molar-refractivity contribution in [1.82, 2.24) is 9.38 Å². The molecule has 2 aromatic heterocycles. The van der Waals surface area contributed by atoms with Crippen LogP contribution in [-0.4, -0.2) is 22.6 Å². The predicted molar refractivity (Wildman–Crippen MR) is 134 cm³/mol. The van der Waals surface area contributed by atoms with E-state index in [4.69, 9.17) is 9.72 Å². The van der Waals surface area contributed by atoms with Crippen molar-refractivity contribution in [3.8, 4) is 0 Å². The molecular weight excluding hydrogens is 469 g/mol. The summed E-state index contributed by atoms with van der Waals surface area (Å²) in [4.78, 5) is 15.6. The molecule has 0 amide bonds. The smallest absolute Gasteiger partial charge is 0.377 e. The lowest BCUT2D eigenvalue weighted by Gasteiger charge is -2.22. The summed E-state index contributed by atoms with van der Waals surface area (Å²) in [6.07, 6.45) is 0.263. The number of ether oxygens (including phenoxy) is 1. The maximum Gasteiger partial charge on any atom is 0.416 e. The number of hydrogen-bond acceptors (Lipinski definition) is 5. The van der Waals surface area contributed by atoms with E-state index in [1.54, 1.807) is 12.1 Å². The highest BCUT2D eigenvalue weighted by atomic mass is 19.4. The van der Waals surface area contributed by atoms with Crippen LogP contribution in [0.1, 0.15) is 47.2 Å². The number of nitrogens with zero attached hydrogens (tertiary/aromatic N) is 3. The third-order valence-corrected chi connectivity index (χ3v) is 6.68. The molecule has 3 heterocycles. The number of aromatic nitrogens is 2. The molecule has 9 heteroatoms. The van der Waals surface area contributed by atoms with E-state index in [-0.39, 0.29) is 12.1 Å². The second kappa shape index (κ2) is 9.39. The molecule has 6 nitrogen and oxygen atoms in total. The van der Waals surface area contributed by atoms with Gasteiger partial charge >= 0.3 is 6.18 Å². The quantitative estimate of drug-likeness (QED) is 0.292. The third-order valence-electron chi connectivity index (χ3n) is 6.68. The molecule has 36 heavy (non-hydrogen) atoms. The SMILES string of the molecule is Cc1c(C(C)Nc2nc3cc(CN=O)cn3c3ccc(C4=CCOCC4)cc23)cccc1C(F)(F)F. The fourth-order valence-corrected chi connectivity index (χ4v) is 4.87. The highest BCUT2D eigenvalue weighted by Crippen LogP contribution is 2.36. The van der Waals surface area contributed by atoms with Crippen LogP contribution in [0.5, 0.6) is 0 Å². The van der Waals surface area contributed by atoms with Crippen LogP contribution in [0.3, 0.4) is 0 Å².